The van der Waals surface area contributed by atoms with Crippen LogP contribution in [0.5, 0.6) is 0 Å². The van der Waals surface area contributed by atoms with Gasteiger partial charge in [-0.2, -0.15) is 0 Å². The number of anilines is 1. The molecule has 0 aliphatic carbocycles. The van der Waals surface area contributed by atoms with Gasteiger partial charge in [-0.05, 0) is 18.6 Å². The molecular weight excluding hydrogens is 240 g/mol. The van der Waals surface area contributed by atoms with Crippen molar-refractivity contribution in [3.05, 3.63) is 30.3 Å². The Kier molecular flexibility index (Phi) is 4.55. The number of benzene rings is 1. The fourth-order valence-electron chi connectivity index (χ4n) is 2.27. The first kappa shape index (κ1) is 13.6. The minimum Gasteiger partial charge on any atom is -0.356 e. The zero-order chi connectivity index (χ0) is 13.7. The molecule has 1 aromatic rings. The number of hydrogen-bond acceptors (Lipinski definition) is 2. The van der Waals surface area contributed by atoms with Crippen molar-refractivity contribution in [2.45, 2.75) is 26.2 Å². The average molecular weight is 260 g/mol. The number of para-hydroxylation sites is 1. The minimum absolute atomic E-state index is 0.000214. The molecule has 0 spiro atoms. The van der Waals surface area contributed by atoms with E-state index in [2.05, 4.69) is 12.2 Å². The van der Waals surface area contributed by atoms with Gasteiger partial charge in [-0.15, -0.1) is 0 Å². The van der Waals surface area contributed by atoms with E-state index in [-0.39, 0.29) is 17.7 Å². The highest BCUT2D eigenvalue weighted by Crippen LogP contribution is 2.24. The summed E-state index contributed by atoms with van der Waals surface area (Å²) in [4.78, 5) is 25.6. The van der Waals surface area contributed by atoms with Crippen molar-refractivity contribution in [1.82, 2.24) is 5.32 Å². The molecule has 1 aliphatic rings. The molecule has 0 aromatic heterocycles. The van der Waals surface area contributed by atoms with Crippen molar-refractivity contribution in [1.29, 1.82) is 0 Å². The first-order valence-electron chi connectivity index (χ1n) is 6.85. The third-order valence-corrected chi connectivity index (χ3v) is 3.39. The molecule has 2 rings (SSSR count). The van der Waals surface area contributed by atoms with Crippen molar-refractivity contribution in [3.8, 4) is 0 Å². The van der Waals surface area contributed by atoms with Gasteiger partial charge >= 0.3 is 0 Å². The van der Waals surface area contributed by atoms with Crippen LogP contribution in [0.4, 0.5) is 5.69 Å². The molecule has 1 atom stereocenters. The second-order valence-electron chi connectivity index (χ2n) is 4.89. The number of rotatable bonds is 5. The van der Waals surface area contributed by atoms with Gasteiger partial charge in [0.1, 0.15) is 0 Å². The average Bonchev–Trinajstić information content (AvgIpc) is 2.82. The third-order valence-electron chi connectivity index (χ3n) is 3.39. The molecule has 0 radical (unpaired) electrons. The topological polar surface area (TPSA) is 49.4 Å². The highest BCUT2D eigenvalue weighted by Gasteiger charge is 2.34. The van der Waals surface area contributed by atoms with Gasteiger partial charge in [-0.25, -0.2) is 0 Å². The Morgan fingerprint density at radius 1 is 1.37 bits per heavy atom. The number of amides is 2. The molecule has 4 nitrogen and oxygen atoms in total. The van der Waals surface area contributed by atoms with E-state index in [0.717, 1.165) is 18.5 Å². The number of carbonyl (C=O) groups is 2. The number of nitrogens with one attached hydrogen (secondary N) is 1. The summed E-state index contributed by atoms with van der Waals surface area (Å²) >= 11 is 0. The fourth-order valence-corrected chi connectivity index (χ4v) is 2.27. The van der Waals surface area contributed by atoms with Gasteiger partial charge < -0.3 is 10.2 Å². The minimum atomic E-state index is -0.218. The van der Waals surface area contributed by atoms with E-state index in [4.69, 9.17) is 0 Å². The predicted molar refractivity (Wildman–Crippen MR) is 74.8 cm³/mol. The van der Waals surface area contributed by atoms with Crippen LogP contribution in [0.2, 0.25) is 0 Å². The van der Waals surface area contributed by atoms with E-state index in [1.54, 1.807) is 4.90 Å². The first-order valence-corrected chi connectivity index (χ1v) is 6.85. The Balaban J connectivity index is 1.94. The fraction of sp³-hybridized carbons (Fsp3) is 0.467. The number of carbonyl (C=O) groups excluding carboxylic acids is 2. The number of nitrogens with zero attached hydrogens (tertiary/aromatic N) is 1. The normalized spacial score (nSPS) is 18.7. The molecule has 2 amide bonds. The Morgan fingerprint density at radius 3 is 2.79 bits per heavy atom. The van der Waals surface area contributed by atoms with Crippen molar-refractivity contribution in [2.75, 3.05) is 18.0 Å². The third kappa shape index (κ3) is 3.34. The molecule has 0 saturated carbocycles. The molecule has 1 fully saturated rings. The lowest BCUT2D eigenvalue weighted by molar-refractivity contribution is -0.126. The van der Waals surface area contributed by atoms with Crippen molar-refractivity contribution >= 4 is 17.5 Å². The van der Waals surface area contributed by atoms with E-state index in [1.807, 2.05) is 30.3 Å². The molecular formula is C15H20N2O2. The molecule has 1 aromatic carbocycles. The summed E-state index contributed by atoms with van der Waals surface area (Å²) in [5, 5.41) is 2.90. The van der Waals surface area contributed by atoms with Gasteiger partial charge in [-0.3, -0.25) is 9.59 Å². The lowest BCUT2D eigenvalue weighted by Gasteiger charge is -2.16. The smallest absolute Gasteiger partial charge is 0.227 e. The second kappa shape index (κ2) is 6.36. The van der Waals surface area contributed by atoms with E-state index >= 15 is 0 Å². The molecule has 1 saturated heterocycles. The van der Waals surface area contributed by atoms with Crippen LogP contribution in [0, 0.1) is 5.92 Å². The molecule has 19 heavy (non-hydrogen) atoms. The standard InChI is InChI=1S/C15H20N2O2/c1-2-3-9-16-15(19)12-10-14(18)17(11-12)13-7-5-4-6-8-13/h4-8,12H,2-3,9-11H2,1H3,(H,16,19). The summed E-state index contributed by atoms with van der Waals surface area (Å²) in [5.74, 6) is -0.188. The maximum Gasteiger partial charge on any atom is 0.227 e. The van der Waals surface area contributed by atoms with Crippen molar-refractivity contribution in [3.63, 3.8) is 0 Å². The molecule has 1 unspecified atom stereocenters. The number of unbranched alkanes of at least 4 members (excludes halogenated alkanes) is 1. The summed E-state index contributed by atoms with van der Waals surface area (Å²) in [6, 6.07) is 9.51. The predicted octanol–water partition coefficient (Wildman–Crippen LogP) is 1.96. The van der Waals surface area contributed by atoms with Crippen LogP contribution >= 0.6 is 0 Å². The zero-order valence-electron chi connectivity index (χ0n) is 11.3. The summed E-state index contributed by atoms with van der Waals surface area (Å²) in [6.07, 6.45) is 2.35. The highest BCUT2D eigenvalue weighted by atomic mass is 16.2. The Bertz CT molecular complexity index is 445. The molecule has 1 heterocycles. The summed E-state index contributed by atoms with van der Waals surface area (Å²) < 4.78 is 0. The van der Waals surface area contributed by atoms with E-state index < -0.39 is 0 Å². The molecule has 0 bridgehead atoms. The molecule has 1 N–H and O–H groups in total. The molecule has 1 aliphatic heterocycles. The Labute approximate surface area is 113 Å². The van der Waals surface area contributed by atoms with Gasteiger partial charge in [0.2, 0.25) is 11.8 Å². The Morgan fingerprint density at radius 2 is 2.11 bits per heavy atom. The van der Waals surface area contributed by atoms with Crippen LogP contribution in [-0.4, -0.2) is 24.9 Å². The molecule has 4 heteroatoms. The van der Waals surface area contributed by atoms with Crippen LogP contribution in [-0.2, 0) is 9.59 Å². The van der Waals surface area contributed by atoms with Crippen LogP contribution in [0.25, 0.3) is 0 Å². The van der Waals surface area contributed by atoms with E-state index in [9.17, 15) is 9.59 Å². The maximum absolute atomic E-state index is 12.0. The lowest BCUT2D eigenvalue weighted by atomic mass is 10.1. The quantitative estimate of drug-likeness (QED) is 0.823. The lowest BCUT2D eigenvalue weighted by Crippen LogP contribution is -2.33. The summed E-state index contributed by atoms with van der Waals surface area (Å²) in [7, 11) is 0. The highest BCUT2D eigenvalue weighted by molar-refractivity contribution is 6.00. The summed E-state index contributed by atoms with van der Waals surface area (Å²) in [6.45, 7) is 3.27. The van der Waals surface area contributed by atoms with Crippen LogP contribution in [0.3, 0.4) is 0 Å². The zero-order valence-corrected chi connectivity index (χ0v) is 11.3. The summed E-state index contributed by atoms with van der Waals surface area (Å²) in [5.41, 5.74) is 0.872. The Hall–Kier alpha value is -1.84. The van der Waals surface area contributed by atoms with Crippen LogP contribution in [0.1, 0.15) is 26.2 Å². The van der Waals surface area contributed by atoms with Gasteiger partial charge in [-0.1, -0.05) is 31.5 Å². The largest absolute Gasteiger partial charge is 0.356 e. The van der Waals surface area contributed by atoms with Gasteiger partial charge in [0.05, 0.1) is 5.92 Å². The van der Waals surface area contributed by atoms with Gasteiger partial charge in [0.25, 0.3) is 0 Å². The SMILES string of the molecule is CCCCNC(=O)C1CC(=O)N(c2ccccc2)C1. The van der Waals surface area contributed by atoms with Gasteiger partial charge in [0.15, 0.2) is 0 Å². The van der Waals surface area contributed by atoms with E-state index in [0.29, 0.717) is 19.5 Å². The monoisotopic (exact) mass is 260 g/mol. The van der Waals surface area contributed by atoms with Crippen LogP contribution in [0.15, 0.2) is 30.3 Å². The second-order valence-corrected chi connectivity index (χ2v) is 4.89. The van der Waals surface area contributed by atoms with Gasteiger partial charge in [0, 0.05) is 25.2 Å². The van der Waals surface area contributed by atoms with Crippen molar-refractivity contribution in [2.24, 2.45) is 5.92 Å². The maximum atomic E-state index is 12.0. The molecule has 102 valence electrons. The number of hydrogen-bond donors (Lipinski definition) is 1. The van der Waals surface area contributed by atoms with Crippen molar-refractivity contribution < 1.29 is 9.59 Å². The van der Waals surface area contributed by atoms with Crippen LogP contribution < -0.4 is 10.2 Å². The first-order chi connectivity index (χ1) is 9.22. The van der Waals surface area contributed by atoms with E-state index in [1.165, 1.54) is 0 Å².